The number of carbonyl (C=O) groups is 2. The molecular formula is C25H20ClFN2O3. The van der Waals surface area contributed by atoms with E-state index in [1.54, 1.807) is 24.3 Å². The molecule has 0 radical (unpaired) electrons. The number of nitrogens with zero attached hydrogens (tertiary/aromatic N) is 1. The highest BCUT2D eigenvalue weighted by Gasteiger charge is 2.41. The van der Waals surface area contributed by atoms with Crippen molar-refractivity contribution in [2.75, 3.05) is 17.3 Å². The maximum atomic E-state index is 13.5. The fourth-order valence-corrected chi connectivity index (χ4v) is 3.89. The van der Waals surface area contributed by atoms with Crippen molar-refractivity contribution in [2.24, 2.45) is 0 Å². The molecule has 1 aliphatic rings. The molecule has 0 bridgehead atoms. The number of nitrogens with one attached hydrogen (secondary N) is 1. The lowest BCUT2D eigenvalue weighted by molar-refractivity contribution is -0.120. The Morgan fingerprint density at radius 3 is 2.31 bits per heavy atom. The van der Waals surface area contributed by atoms with Crippen molar-refractivity contribution in [3.05, 3.63) is 93.9 Å². The number of imide groups is 1. The molecule has 5 nitrogen and oxygen atoms in total. The summed E-state index contributed by atoms with van der Waals surface area (Å²) in [4.78, 5) is 28.2. The number of rotatable bonds is 5. The first-order valence-electron chi connectivity index (χ1n) is 9.87. The van der Waals surface area contributed by atoms with Gasteiger partial charge in [0.05, 0.1) is 24.1 Å². The monoisotopic (exact) mass is 450 g/mol. The zero-order valence-corrected chi connectivity index (χ0v) is 18.5. The van der Waals surface area contributed by atoms with Crippen molar-refractivity contribution in [1.29, 1.82) is 0 Å². The van der Waals surface area contributed by atoms with Crippen molar-refractivity contribution in [3.8, 4) is 5.75 Å². The van der Waals surface area contributed by atoms with Crippen LogP contribution >= 0.6 is 11.6 Å². The van der Waals surface area contributed by atoms with Crippen LogP contribution in [0, 0.1) is 19.7 Å². The molecule has 1 heterocycles. The zero-order chi connectivity index (χ0) is 23.0. The second kappa shape index (κ2) is 8.48. The third-order valence-electron chi connectivity index (χ3n) is 5.23. The number of anilines is 2. The van der Waals surface area contributed by atoms with Gasteiger partial charge in [0.15, 0.2) is 0 Å². The van der Waals surface area contributed by atoms with E-state index in [4.69, 9.17) is 16.3 Å². The third kappa shape index (κ3) is 3.85. The molecule has 4 rings (SSSR count). The number of halogens is 2. The van der Waals surface area contributed by atoms with Gasteiger partial charge in [-0.15, -0.1) is 0 Å². The lowest BCUT2D eigenvalue weighted by Crippen LogP contribution is -2.33. The molecule has 0 aliphatic carbocycles. The van der Waals surface area contributed by atoms with E-state index in [0.717, 1.165) is 16.0 Å². The summed E-state index contributed by atoms with van der Waals surface area (Å²) in [5, 5.41) is 3.47. The number of amides is 2. The summed E-state index contributed by atoms with van der Waals surface area (Å²) in [5.74, 6) is -1.02. The lowest BCUT2D eigenvalue weighted by Gasteiger charge is -2.18. The van der Waals surface area contributed by atoms with Crippen LogP contribution in [0.4, 0.5) is 15.8 Å². The summed E-state index contributed by atoms with van der Waals surface area (Å²) in [7, 11) is 1.49. The molecule has 3 aromatic carbocycles. The van der Waals surface area contributed by atoms with Crippen LogP contribution in [-0.2, 0) is 9.59 Å². The molecule has 1 aliphatic heterocycles. The molecule has 32 heavy (non-hydrogen) atoms. The molecular weight excluding hydrogens is 431 g/mol. The van der Waals surface area contributed by atoms with Crippen molar-refractivity contribution in [3.63, 3.8) is 0 Å². The van der Waals surface area contributed by atoms with Crippen LogP contribution in [0.2, 0.25) is 5.02 Å². The van der Waals surface area contributed by atoms with Crippen molar-refractivity contribution in [1.82, 2.24) is 0 Å². The van der Waals surface area contributed by atoms with E-state index in [1.807, 2.05) is 26.0 Å². The van der Waals surface area contributed by atoms with Crippen LogP contribution in [0.1, 0.15) is 16.7 Å². The van der Waals surface area contributed by atoms with Crippen molar-refractivity contribution < 1.29 is 18.7 Å². The van der Waals surface area contributed by atoms with Crippen LogP contribution in [-0.4, -0.2) is 18.9 Å². The Bertz CT molecular complexity index is 1270. The first-order chi connectivity index (χ1) is 15.3. The maximum Gasteiger partial charge on any atom is 0.282 e. The molecule has 3 aromatic rings. The Morgan fingerprint density at radius 1 is 0.938 bits per heavy atom. The Hall–Kier alpha value is -3.64. The molecule has 0 spiro atoms. The maximum absolute atomic E-state index is 13.5. The predicted molar refractivity (Wildman–Crippen MR) is 123 cm³/mol. The van der Waals surface area contributed by atoms with E-state index in [9.17, 15) is 14.0 Å². The first kappa shape index (κ1) is 21.6. The van der Waals surface area contributed by atoms with E-state index in [-0.39, 0.29) is 11.3 Å². The highest BCUT2D eigenvalue weighted by molar-refractivity contribution is 6.46. The average Bonchev–Trinajstić information content (AvgIpc) is 2.99. The summed E-state index contributed by atoms with van der Waals surface area (Å²) in [6, 6.07) is 15.8. The number of methoxy groups -OCH3 is 1. The number of aryl methyl sites for hydroxylation is 2. The van der Waals surface area contributed by atoms with Crippen LogP contribution < -0.4 is 15.0 Å². The number of hydrogen-bond acceptors (Lipinski definition) is 4. The summed E-state index contributed by atoms with van der Waals surface area (Å²) >= 11 is 6.14. The zero-order valence-electron chi connectivity index (χ0n) is 17.7. The molecule has 0 unspecified atom stereocenters. The quantitative estimate of drug-likeness (QED) is 0.521. The largest absolute Gasteiger partial charge is 0.495 e. The third-order valence-corrected chi connectivity index (χ3v) is 5.47. The molecule has 0 atom stereocenters. The van der Waals surface area contributed by atoms with Crippen LogP contribution in [0.25, 0.3) is 5.57 Å². The van der Waals surface area contributed by atoms with E-state index in [2.05, 4.69) is 5.32 Å². The van der Waals surface area contributed by atoms with E-state index in [0.29, 0.717) is 27.7 Å². The lowest BCUT2D eigenvalue weighted by atomic mass is 10.0. The topological polar surface area (TPSA) is 58.6 Å². The Balaban J connectivity index is 1.87. The van der Waals surface area contributed by atoms with Gasteiger partial charge >= 0.3 is 0 Å². The molecule has 1 N–H and O–H groups in total. The average molecular weight is 451 g/mol. The second-order valence-electron chi connectivity index (χ2n) is 7.46. The van der Waals surface area contributed by atoms with Crippen LogP contribution in [0.5, 0.6) is 5.75 Å². The second-order valence-corrected chi connectivity index (χ2v) is 7.90. The summed E-state index contributed by atoms with van der Waals surface area (Å²) in [6.45, 7) is 3.77. The number of benzene rings is 3. The standard InChI is InChI=1S/C25H20ClFN2O3/c1-14-4-10-20(15(2)12-14)29-24(30)22(16-5-8-18(27)9-6-16)23(25(29)31)28-19-13-17(26)7-11-21(19)32-3/h4-13,28H,1-3H3. The van der Waals surface area contributed by atoms with E-state index >= 15 is 0 Å². The van der Waals surface area contributed by atoms with Gasteiger partial charge in [0, 0.05) is 5.02 Å². The molecule has 0 saturated heterocycles. The van der Waals surface area contributed by atoms with Gasteiger partial charge in [-0.25, -0.2) is 9.29 Å². The van der Waals surface area contributed by atoms with Gasteiger partial charge in [-0.1, -0.05) is 41.4 Å². The predicted octanol–water partition coefficient (Wildman–Crippen LogP) is 5.50. The Kier molecular flexibility index (Phi) is 5.72. The van der Waals surface area contributed by atoms with Gasteiger partial charge in [-0.2, -0.15) is 0 Å². The van der Waals surface area contributed by atoms with E-state index < -0.39 is 17.6 Å². The minimum Gasteiger partial charge on any atom is -0.495 e. The van der Waals surface area contributed by atoms with Gasteiger partial charge in [0.25, 0.3) is 11.8 Å². The SMILES string of the molecule is COc1ccc(Cl)cc1NC1=C(c2ccc(F)cc2)C(=O)N(c2ccc(C)cc2C)C1=O. The first-order valence-corrected chi connectivity index (χ1v) is 10.2. The van der Waals surface area contributed by atoms with Gasteiger partial charge < -0.3 is 10.1 Å². The summed E-state index contributed by atoms with van der Waals surface area (Å²) in [5.41, 5.74) is 3.32. The molecule has 0 aromatic heterocycles. The minimum atomic E-state index is -0.525. The fraction of sp³-hybridized carbons (Fsp3) is 0.120. The molecule has 162 valence electrons. The van der Waals surface area contributed by atoms with Crippen LogP contribution in [0.3, 0.4) is 0 Å². The smallest absolute Gasteiger partial charge is 0.282 e. The normalized spacial score (nSPS) is 13.7. The molecule has 7 heteroatoms. The van der Waals surface area contributed by atoms with Gasteiger partial charge in [-0.3, -0.25) is 9.59 Å². The van der Waals surface area contributed by atoms with Crippen molar-refractivity contribution in [2.45, 2.75) is 13.8 Å². The minimum absolute atomic E-state index is 0.0575. The molecule has 0 saturated carbocycles. The van der Waals surface area contributed by atoms with Gasteiger partial charge in [0.2, 0.25) is 0 Å². The van der Waals surface area contributed by atoms with E-state index in [1.165, 1.54) is 31.4 Å². The molecule has 0 fully saturated rings. The number of hydrogen-bond donors (Lipinski definition) is 1. The molecule has 2 amide bonds. The summed E-state index contributed by atoms with van der Waals surface area (Å²) < 4.78 is 18.9. The highest BCUT2D eigenvalue weighted by Crippen LogP contribution is 2.37. The van der Waals surface area contributed by atoms with Gasteiger partial charge in [0.1, 0.15) is 17.3 Å². The number of ether oxygens (including phenoxy) is 1. The van der Waals surface area contributed by atoms with Gasteiger partial charge in [-0.05, 0) is 61.4 Å². The fourth-order valence-electron chi connectivity index (χ4n) is 3.72. The van der Waals surface area contributed by atoms with Crippen LogP contribution in [0.15, 0.2) is 66.4 Å². The Labute approximate surface area is 190 Å². The highest BCUT2D eigenvalue weighted by atomic mass is 35.5. The summed E-state index contributed by atoms with van der Waals surface area (Å²) in [6.07, 6.45) is 0. The van der Waals surface area contributed by atoms with Crippen molar-refractivity contribution >= 4 is 40.4 Å². The Morgan fingerprint density at radius 2 is 1.66 bits per heavy atom. The number of carbonyl (C=O) groups excluding carboxylic acids is 2.